The molecule has 1 spiro atoms. The molecule has 2 heterocycles. The van der Waals surface area contributed by atoms with Crippen LogP contribution in [0.15, 0.2) is 55.2 Å². The second-order valence-electron chi connectivity index (χ2n) is 7.17. The van der Waals surface area contributed by atoms with Crippen LogP contribution in [0.3, 0.4) is 0 Å². The molecule has 6 heteroatoms. The third-order valence-corrected chi connectivity index (χ3v) is 5.80. The first-order valence-electron chi connectivity index (χ1n) is 8.94. The van der Waals surface area contributed by atoms with E-state index in [9.17, 15) is 4.79 Å². The van der Waals surface area contributed by atoms with Gasteiger partial charge in [0.1, 0.15) is 12.7 Å². The SMILES string of the molecule is O=C(NC[C@H]1C[C@@]12CCc1ccccc12)c1ccc(-n2cncn2)nc1. The number of nitrogens with one attached hydrogen (secondary N) is 1. The van der Waals surface area contributed by atoms with Gasteiger partial charge in [0.2, 0.25) is 0 Å². The molecule has 6 nitrogen and oxygen atoms in total. The van der Waals surface area contributed by atoms with Crippen molar-refractivity contribution in [1.29, 1.82) is 0 Å². The second-order valence-corrected chi connectivity index (χ2v) is 7.17. The number of hydrogen-bond acceptors (Lipinski definition) is 4. The van der Waals surface area contributed by atoms with Crippen molar-refractivity contribution in [1.82, 2.24) is 25.1 Å². The predicted octanol–water partition coefficient (Wildman–Crippen LogP) is 2.30. The number of amides is 1. The van der Waals surface area contributed by atoms with Gasteiger partial charge in [-0.25, -0.2) is 14.6 Å². The Balaban J connectivity index is 1.23. The Labute approximate surface area is 151 Å². The molecule has 2 aromatic heterocycles. The van der Waals surface area contributed by atoms with E-state index in [1.807, 2.05) is 0 Å². The molecule has 2 aliphatic rings. The van der Waals surface area contributed by atoms with Crippen LogP contribution in [0.5, 0.6) is 0 Å². The molecule has 2 atom stereocenters. The first-order chi connectivity index (χ1) is 12.8. The van der Waals surface area contributed by atoms with Crippen LogP contribution in [0, 0.1) is 5.92 Å². The van der Waals surface area contributed by atoms with Gasteiger partial charge in [-0.15, -0.1) is 0 Å². The zero-order valence-corrected chi connectivity index (χ0v) is 14.3. The van der Waals surface area contributed by atoms with Gasteiger partial charge in [-0.05, 0) is 48.4 Å². The summed E-state index contributed by atoms with van der Waals surface area (Å²) in [6, 6.07) is 12.3. The number of carbonyl (C=O) groups excluding carboxylic acids is 1. The van der Waals surface area contributed by atoms with Crippen LogP contribution in [0.2, 0.25) is 0 Å². The zero-order valence-electron chi connectivity index (χ0n) is 14.3. The molecule has 1 fully saturated rings. The number of pyridine rings is 1. The number of nitrogens with zero attached hydrogens (tertiary/aromatic N) is 4. The molecule has 26 heavy (non-hydrogen) atoms. The number of aromatic nitrogens is 4. The molecular weight excluding hydrogens is 326 g/mol. The molecule has 1 aromatic carbocycles. The lowest BCUT2D eigenvalue weighted by Gasteiger charge is -2.12. The minimum absolute atomic E-state index is 0.0732. The average Bonchev–Trinajstić information content (AvgIpc) is 3.01. The summed E-state index contributed by atoms with van der Waals surface area (Å²) < 4.78 is 1.56. The predicted molar refractivity (Wildman–Crippen MR) is 96.0 cm³/mol. The topological polar surface area (TPSA) is 72.7 Å². The van der Waals surface area contributed by atoms with Crippen molar-refractivity contribution in [2.24, 2.45) is 5.92 Å². The summed E-state index contributed by atoms with van der Waals surface area (Å²) in [4.78, 5) is 20.6. The van der Waals surface area contributed by atoms with Gasteiger partial charge in [-0.2, -0.15) is 5.10 Å². The largest absolute Gasteiger partial charge is 0.352 e. The highest BCUT2D eigenvalue weighted by atomic mass is 16.1. The van der Waals surface area contributed by atoms with Crippen molar-refractivity contribution in [2.45, 2.75) is 24.7 Å². The monoisotopic (exact) mass is 345 g/mol. The lowest BCUT2D eigenvalue weighted by atomic mass is 9.95. The Morgan fingerprint density at radius 3 is 3.00 bits per heavy atom. The van der Waals surface area contributed by atoms with E-state index in [1.54, 1.807) is 29.3 Å². The Morgan fingerprint density at radius 2 is 2.19 bits per heavy atom. The number of aryl methyl sites for hydroxylation is 1. The van der Waals surface area contributed by atoms with Crippen LogP contribution in [-0.2, 0) is 11.8 Å². The number of fused-ring (bicyclic) bond motifs is 2. The molecule has 0 unspecified atom stereocenters. The average molecular weight is 345 g/mol. The first kappa shape index (κ1) is 15.3. The first-order valence-corrected chi connectivity index (χ1v) is 8.94. The molecule has 130 valence electrons. The van der Waals surface area contributed by atoms with E-state index in [0.29, 0.717) is 22.7 Å². The van der Waals surface area contributed by atoms with Gasteiger partial charge in [0.15, 0.2) is 5.82 Å². The second kappa shape index (κ2) is 5.76. The highest BCUT2D eigenvalue weighted by Crippen LogP contribution is 2.61. The van der Waals surface area contributed by atoms with Crippen LogP contribution in [0.4, 0.5) is 0 Å². The fourth-order valence-corrected chi connectivity index (χ4v) is 4.30. The van der Waals surface area contributed by atoms with E-state index >= 15 is 0 Å². The van der Waals surface area contributed by atoms with Gasteiger partial charge in [-0.3, -0.25) is 4.79 Å². The summed E-state index contributed by atoms with van der Waals surface area (Å²) in [5.74, 6) is 1.11. The molecule has 0 saturated heterocycles. The van der Waals surface area contributed by atoms with E-state index in [-0.39, 0.29) is 5.91 Å². The van der Waals surface area contributed by atoms with Crippen molar-refractivity contribution >= 4 is 5.91 Å². The van der Waals surface area contributed by atoms with E-state index in [4.69, 9.17) is 0 Å². The molecular formula is C20H19N5O. The third kappa shape index (κ3) is 2.41. The summed E-state index contributed by atoms with van der Waals surface area (Å²) in [6.45, 7) is 0.720. The molecule has 1 N–H and O–H groups in total. The number of benzene rings is 1. The maximum Gasteiger partial charge on any atom is 0.252 e. The fraction of sp³-hybridized carbons (Fsp3) is 0.300. The third-order valence-electron chi connectivity index (χ3n) is 5.80. The summed E-state index contributed by atoms with van der Waals surface area (Å²) >= 11 is 0. The van der Waals surface area contributed by atoms with Crippen LogP contribution in [0.25, 0.3) is 5.82 Å². The lowest BCUT2D eigenvalue weighted by Crippen LogP contribution is -2.27. The van der Waals surface area contributed by atoms with E-state index in [1.165, 1.54) is 30.3 Å². The standard InChI is InChI=1S/C20H19N5O/c26-19(15-5-6-18(22-10-15)25-13-21-12-24-25)23-11-16-9-20(16)8-7-14-3-1-2-4-17(14)20/h1-6,10,12-13,16H,7-9,11H2,(H,23,26)/t16-,20+/m1/s1. The van der Waals surface area contributed by atoms with Gasteiger partial charge in [0.05, 0.1) is 5.56 Å². The van der Waals surface area contributed by atoms with Gasteiger partial charge < -0.3 is 5.32 Å². The van der Waals surface area contributed by atoms with Crippen molar-refractivity contribution < 1.29 is 4.79 Å². The van der Waals surface area contributed by atoms with E-state index in [2.05, 4.69) is 44.6 Å². The molecule has 5 rings (SSSR count). The fourth-order valence-electron chi connectivity index (χ4n) is 4.30. The van der Waals surface area contributed by atoms with Crippen molar-refractivity contribution in [3.63, 3.8) is 0 Å². The molecule has 0 radical (unpaired) electrons. The normalized spacial score (nSPS) is 23.0. The van der Waals surface area contributed by atoms with Crippen LogP contribution in [0.1, 0.15) is 34.3 Å². The summed E-state index contributed by atoms with van der Waals surface area (Å²) in [7, 11) is 0. The van der Waals surface area contributed by atoms with Gasteiger partial charge >= 0.3 is 0 Å². The number of rotatable bonds is 4. The molecule has 0 aliphatic heterocycles. The minimum Gasteiger partial charge on any atom is -0.352 e. The van der Waals surface area contributed by atoms with Crippen molar-refractivity contribution in [3.8, 4) is 5.82 Å². The summed E-state index contributed by atoms with van der Waals surface area (Å²) in [6.07, 6.45) is 8.16. The lowest BCUT2D eigenvalue weighted by molar-refractivity contribution is 0.0950. The smallest absolute Gasteiger partial charge is 0.252 e. The zero-order chi connectivity index (χ0) is 17.6. The molecule has 3 aromatic rings. The number of carbonyl (C=O) groups is 1. The highest BCUT2D eigenvalue weighted by Gasteiger charge is 2.57. The number of hydrogen-bond donors (Lipinski definition) is 1. The van der Waals surface area contributed by atoms with E-state index < -0.39 is 0 Å². The Kier molecular flexibility index (Phi) is 3.38. The van der Waals surface area contributed by atoms with Crippen molar-refractivity contribution in [3.05, 3.63) is 71.9 Å². The minimum atomic E-state index is -0.0732. The quantitative estimate of drug-likeness (QED) is 0.787. The van der Waals surface area contributed by atoms with Crippen LogP contribution in [-0.4, -0.2) is 32.2 Å². The Morgan fingerprint density at radius 1 is 1.27 bits per heavy atom. The van der Waals surface area contributed by atoms with Gasteiger partial charge in [-0.1, -0.05) is 24.3 Å². The Bertz CT molecular complexity index is 951. The van der Waals surface area contributed by atoms with Gasteiger partial charge in [0, 0.05) is 18.2 Å². The molecule has 2 aliphatic carbocycles. The van der Waals surface area contributed by atoms with Crippen molar-refractivity contribution in [2.75, 3.05) is 6.54 Å². The van der Waals surface area contributed by atoms with Gasteiger partial charge in [0.25, 0.3) is 5.91 Å². The van der Waals surface area contributed by atoms with Crippen LogP contribution < -0.4 is 5.32 Å². The van der Waals surface area contributed by atoms with E-state index in [0.717, 1.165) is 13.0 Å². The summed E-state index contributed by atoms with van der Waals surface area (Å²) in [5, 5.41) is 7.11. The highest BCUT2D eigenvalue weighted by molar-refractivity contribution is 5.94. The summed E-state index contributed by atoms with van der Waals surface area (Å²) in [5.41, 5.74) is 3.85. The maximum absolute atomic E-state index is 12.4. The molecule has 1 saturated carbocycles. The Hall–Kier alpha value is -3.02. The molecule has 0 bridgehead atoms. The van der Waals surface area contributed by atoms with Crippen LogP contribution >= 0.6 is 0 Å². The molecule has 1 amide bonds. The maximum atomic E-state index is 12.4.